The van der Waals surface area contributed by atoms with Gasteiger partial charge < -0.3 is 20.2 Å². The van der Waals surface area contributed by atoms with Crippen molar-refractivity contribution >= 4 is 11.6 Å². The number of para-hydroxylation sites is 1. The van der Waals surface area contributed by atoms with Gasteiger partial charge in [-0.2, -0.15) is 0 Å². The number of carbonyl (C=O) groups is 1. The maximum atomic E-state index is 12.3. The molecule has 5 heteroatoms. The van der Waals surface area contributed by atoms with Crippen LogP contribution in [0.1, 0.15) is 29.5 Å². The van der Waals surface area contributed by atoms with Crippen LogP contribution in [-0.2, 0) is 6.42 Å². The van der Waals surface area contributed by atoms with Gasteiger partial charge in [0.05, 0.1) is 24.6 Å². The molecule has 0 fully saturated rings. The normalized spacial score (nSPS) is 11.9. The van der Waals surface area contributed by atoms with E-state index in [1.54, 1.807) is 24.5 Å². The van der Waals surface area contributed by atoms with Gasteiger partial charge in [-0.25, -0.2) is 0 Å². The predicted octanol–water partition coefficient (Wildman–Crippen LogP) is 2.62. The van der Waals surface area contributed by atoms with Crippen molar-refractivity contribution in [3.8, 4) is 5.75 Å². The van der Waals surface area contributed by atoms with E-state index in [1.807, 2.05) is 19.1 Å². The van der Waals surface area contributed by atoms with Crippen molar-refractivity contribution in [2.24, 2.45) is 0 Å². The second kappa shape index (κ2) is 6.83. The summed E-state index contributed by atoms with van der Waals surface area (Å²) in [7, 11) is 1.50. The molecule has 1 unspecified atom stereocenters. The van der Waals surface area contributed by atoms with Crippen LogP contribution in [0.4, 0.5) is 5.69 Å². The van der Waals surface area contributed by atoms with Gasteiger partial charge in [0, 0.05) is 12.5 Å². The number of hydrogen-bond acceptors (Lipinski definition) is 4. The molecule has 21 heavy (non-hydrogen) atoms. The topological polar surface area (TPSA) is 77.5 Å². The minimum absolute atomic E-state index is 0.0220. The Bertz CT molecular complexity index is 594. The number of nitrogens with one attached hydrogen (secondary N) is 1. The van der Waals surface area contributed by atoms with E-state index in [2.05, 4.69) is 5.32 Å². The minimum Gasteiger partial charge on any atom is -0.494 e. The molecule has 1 amide bonds. The Morgan fingerprint density at radius 1 is 1.38 bits per heavy atom. The Hall–Kier alpha value is -2.43. The summed E-state index contributed by atoms with van der Waals surface area (Å²) in [6.45, 7) is 1.96. The van der Waals surface area contributed by atoms with Gasteiger partial charge in [0.1, 0.15) is 5.76 Å². The van der Waals surface area contributed by atoms with Gasteiger partial charge in [-0.05, 0) is 37.6 Å². The summed E-state index contributed by atoms with van der Waals surface area (Å²) in [5, 5.41) is 2.94. The van der Waals surface area contributed by atoms with Gasteiger partial charge in [-0.3, -0.25) is 4.79 Å². The molecule has 0 radical (unpaired) electrons. The molecule has 2 aromatic rings. The first kappa shape index (κ1) is 15.0. The van der Waals surface area contributed by atoms with Gasteiger partial charge in [0.2, 0.25) is 0 Å². The third kappa shape index (κ3) is 3.78. The van der Waals surface area contributed by atoms with E-state index >= 15 is 0 Å². The monoisotopic (exact) mass is 288 g/mol. The summed E-state index contributed by atoms with van der Waals surface area (Å²) in [5.41, 5.74) is 6.70. The standard InChI is InChI=1S/C16H20N2O3/c1-11(8-9-12-5-4-10-21-12)18-16(19)13-6-3-7-14(17)15(13)20-2/h3-7,10-11H,8-9,17H2,1-2H3,(H,18,19). The second-order valence-electron chi connectivity index (χ2n) is 4.92. The van der Waals surface area contributed by atoms with Crippen molar-refractivity contribution in [1.29, 1.82) is 0 Å². The van der Waals surface area contributed by atoms with Gasteiger partial charge in [-0.1, -0.05) is 6.07 Å². The van der Waals surface area contributed by atoms with Crippen molar-refractivity contribution in [3.63, 3.8) is 0 Å². The van der Waals surface area contributed by atoms with E-state index in [0.717, 1.165) is 18.6 Å². The van der Waals surface area contributed by atoms with Crippen LogP contribution in [0.15, 0.2) is 41.0 Å². The average molecular weight is 288 g/mol. The molecule has 0 saturated heterocycles. The summed E-state index contributed by atoms with van der Waals surface area (Å²) < 4.78 is 10.5. The molecule has 1 aromatic carbocycles. The van der Waals surface area contributed by atoms with Gasteiger partial charge in [0.25, 0.3) is 5.91 Å². The maximum absolute atomic E-state index is 12.3. The minimum atomic E-state index is -0.189. The average Bonchev–Trinajstić information content (AvgIpc) is 2.98. The number of amides is 1. The van der Waals surface area contributed by atoms with E-state index in [-0.39, 0.29) is 11.9 Å². The molecular weight excluding hydrogens is 268 g/mol. The zero-order chi connectivity index (χ0) is 15.2. The highest BCUT2D eigenvalue weighted by Crippen LogP contribution is 2.25. The number of aryl methyl sites for hydroxylation is 1. The van der Waals surface area contributed by atoms with Crippen molar-refractivity contribution in [3.05, 3.63) is 47.9 Å². The van der Waals surface area contributed by atoms with E-state index in [9.17, 15) is 4.79 Å². The number of nitrogen functional groups attached to an aromatic ring is 1. The van der Waals surface area contributed by atoms with Crippen LogP contribution in [0.3, 0.4) is 0 Å². The first-order valence-electron chi connectivity index (χ1n) is 6.87. The van der Waals surface area contributed by atoms with E-state index in [0.29, 0.717) is 17.0 Å². The Labute approximate surface area is 124 Å². The van der Waals surface area contributed by atoms with Crippen molar-refractivity contribution < 1.29 is 13.9 Å². The molecule has 1 heterocycles. The Balaban J connectivity index is 1.96. The molecule has 112 valence electrons. The Kier molecular flexibility index (Phi) is 4.87. The van der Waals surface area contributed by atoms with Crippen molar-refractivity contribution in [2.45, 2.75) is 25.8 Å². The highest BCUT2D eigenvalue weighted by atomic mass is 16.5. The predicted molar refractivity (Wildman–Crippen MR) is 81.4 cm³/mol. The first-order valence-corrected chi connectivity index (χ1v) is 6.87. The lowest BCUT2D eigenvalue weighted by Crippen LogP contribution is -2.33. The smallest absolute Gasteiger partial charge is 0.255 e. The largest absolute Gasteiger partial charge is 0.494 e. The molecule has 5 nitrogen and oxygen atoms in total. The van der Waals surface area contributed by atoms with Gasteiger partial charge in [-0.15, -0.1) is 0 Å². The molecule has 0 bridgehead atoms. The van der Waals surface area contributed by atoms with Crippen LogP contribution >= 0.6 is 0 Å². The SMILES string of the molecule is COc1c(N)cccc1C(=O)NC(C)CCc1ccco1. The lowest BCUT2D eigenvalue weighted by atomic mass is 10.1. The van der Waals surface area contributed by atoms with Crippen LogP contribution in [-0.4, -0.2) is 19.1 Å². The van der Waals surface area contributed by atoms with Crippen LogP contribution in [0.5, 0.6) is 5.75 Å². The number of anilines is 1. The fourth-order valence-electron chi connectivity index (χ4n) is 2.15. The number of furan rings is 1. The summed E-state index contributed by atoms with van der Waals surface area (Å²) >= 11 is 0. The van der Waals surface area contributed by atoms with E-state index in [4.69, 9.17) is 14.9 Å². The first-order chi connectivity index (χ1) is 10.1. The number of benzene rings is 1. The number of rotatable bonds is 6. The third-order valence-electron chi connectivity index (χ3n) is 3.28. The highest BCUT2D eigenvalue weighted by molar-refractivity contribution is 5.98. The fourth-order valence-corrected chi connectivity index (χ4v) is 2.15. The van der Waals surface area contributed by atoms with Crippen LogP contribution in [0, 0.1) is 0 Å². The van der Waals surface area contributed by atoms with Gasteiger partial charge in [0.15, 0.2) is 5.75 Å². The molecular formula is C16H20N2O3. The zero-order valence-corrected chi connectivity index (χ0v) is 12.3. The molecule has 0 aliphatic carbocycles. The summed E-state index contributed by atoms with van der Waals surface area (Å²) in [4.78, 5) is 12.3. The molecule has 2 rings (SSSR count). The number of hydrogen-bond donors (Lipinski definition) is 2. The molecule has 0 aliphatic heterocycles. The molecule has 3 N–H and O–H groups in total. The molecule has 0 spiro atoms. The number of methoxy groups -OCH3 is 1. The van der Waals surface area contributed by atoms with Crippen LogP contribution in [0.2, 0.25) is 0 Å². The van der Waals surface area contributed by atoms with Crippen LogP contribution in [0.25, 0.3) is 0 Å². The molecule has 0 saturated carbocycles. The van der Waals surface area contributed by atoms with Crippen molar-refractivity contribution in [1.82, 2.24) is 5.32 Å². The number of carbonyl (C=O) groups excluding carboxylic acids is 1. The fraction of sp³-hybridized carbons (Fsp3) is 0.312. The van der Waals surface area contributed by atoms with Gasteiger partial charge >= 0.3 is 0 Å². The number of nitrogens with two attached hydrogens (primary N) is 1. The van der Waals surface area contributed by atoms with Crippen molar-refractivity contribution in [2.75, 3.05) is 12.8 Å². The second-order valence-corrected chi connectivity index (χ2v) is 4.92. The highest BCUT2D eigenvalue weighted by Gasteiger charge is 2.16. The third-order valence-corrected chi connectivity index (χ3v) is 3.28. The molecule has 0 aliphatic rings. The quantitative estimate of drug-likeness (QED) is 0.801. The van der Waals surface area contributed by atoms with E-state index in [1.165, 1.54) is 7.11 Å². The zero-order valence-electron chi connectivity index (χ0n) is 12.3. The summed E-state index contributed by atoms with van der Waals surface area (Å²) in [6.07, 6.45) is 3.22. The molecule has 1 atom stereocenters. The summed E-state index contributed by atoms with van der Waals surface area (Å²) in [6, 6.07) is 8.94. The maximum Gasteiger partial charge on any atom is 0.255 e. The van der Waals surface area contributed by atoms with E-state index < -0.39 is 0 Å². The number of ether oxygens (including phenoxy) is 1. The lowest BCUT2D eigenvalue weighted by Gasteiger charge is -2.15. The van der Waals surface area contributed by atoms with Crippen LogP contribution < -0.4 is 15.8 Å². The summed E-state index contributed by atoms with van der Waals surface area (Å²) in [5.74, 6) is 1.14. The Morgan fingerprint density at radius 2 is 2.19 bits per heavy atom. The molecule has 1 aromatic heterocycles. The lowest BCUT2D eigenvalue weighted by molar-refractivity contribution is 0.0935. The Morgan fingerprint density at radius 3 is 2.86 bits per heavy atom.